The number of esters is 1. The number of rotatable bonds is 7. The number of fused-ring (bicyclic) bond motifs is 1. The summed E-state index contributed by atoms with van der Waals surface area (Å²) in [6.45, 7) is -0.517. The van der Waals surface area contributed by atoms with Crippen molar-refractivity contribution in [1.82, 2.24) is 4.98 Å². The number of carbonyl (C=O) groups is 2. The summed E-state index contributed by atoms with van der Waals surface area (Å²) in [4.78, 5) is 28.8. The Morgan fingerprint density at radius 2 is 1.89 bits per heavy atom. The van der Waals surface area contributed by atoms with Gasteiger partial charge in [-0.25, -0.2) is 4.39 Å². The fourth-order valence-electron chi connectivity index (χ4n) is 2.92. The molecule has 0 atom stereocenters. The minimum Gasteiger partial charge on any atom is -0.455 e. The molecule has 1 heterocycles. The number of anilines is 1. The van der Waals surface area contributed by atoms with E-state index in [9.17, 15) is 14.0 Å². The molecule has 6 nitrogen and oxygen atoms in total. The summed E-state index contributed by atoms with van der Waals surface area (Å²) in [5, 5.41) is 9.70. The number of aromatic nitrogens is 1. The molecule has 1 N–H and O–H groups in total. The van der Waals surface area contributed by atoms with Gasteiger partial charge in [0.1, 0.15) is 5.82 Å². The number of nitrogens with one attached hydrogen (secondary N) is 1. The molecule has 2 aromatic carbocycles. The highest BCUT2D eigenvalue weighted by atomic mass is 19.1. The number of amides is 1. The lowest BCUT2D eigenvalue weighted by Crippen LogP contribution is -2.36. The molecule has 7 heteroatoms. The molecule has 0 aliphatic carbocycles. The number of aromatic amines is 1. The molecule has 0 fully saturated rings. The first-order chi connectivity index (χ1) is 13.6. The number of nitriles is 1. The van der Waals surface area contributed by atoms with E-state index in [1.54, 1.807) is 12.3 Å². The summed E-state index contributed by atoms with van der Waals surface area (Å²) in [7, 11) is 0. The van der Waals surface area contributed by atoms with Crippen LogP contribution in [0.5, 0.6) is 0 Å². The Labute approximate surface area is 161 Å². The molecule has 0 bridgehead atoms. The van der Waals surface area contributed by atoms with Crippen molar-refractivity contribution in [2.75, 3.05) is 18.1 Å². The Kier molecular flexibility index (Phi) is 6.02. The van der Waals surface area contributed by atoms with E-state index in [2.05, 4.69) is 4.98 Å². The quantitative estimate of drug-likeness (QED) is 0.638. The highest BCUT2D eigenvalue weighted by Crippen LogP contribution is 2.20. The van der Waals surface area contributed by atoms with E-state index in [4.69, 9.17) is 10.00 Å². The summed E-state index contributed by atoms with van der Waals surface area (Å²) >= 11 is 0. The van der Waals surface area contributed by atoms with Crippen LogP contribution in [0.25, 0.3) is 10.9 Å². The summed E-state index contributed by atoms with van der Waals surface area (Å²) < 4.78 is 19.1. The van der Waals surface area contributed by atoms with Crippen LogP contribution in [0.15, 0.2) is 54.7 Å². The minimum absolute atomic E-state index is 0.00911. The van der Waals surface area contributed by atoms with Crippen LogP contribution in [0, 0.1) is 17.1 Å². The second-order valence-electron chi connectivity index (χ2n) is 6.10. The van der Waals surface area contributed by atoms with Gasteiger partial charge in [-0.1, -0.05) is 30.3 Å². The molecule has 28 heavy (non-hydrogen) atoms. The summed E-state index contributed by atoms with van der Waals surface area (Å²) in [5.74, 6) is -1.74. The number of carbonyl (C=O) groups excluding carboxylic acids is 2. The minimum atomic E-state index is -0.590. The average molecular weight is 379 g/mol. The van der Waals surface area contributed by atoms with E-state index in [0.29, 0.717) is 0 Å². The summed E-state index contributed by atoms with van der Waals surface area (Å²) in [6.07, 6.45) is 1.77. The smallest absolute Gasteiger partial charge is 0.310 e. The van der Waals surface area contributed by atoms with Crippen molar-refractivity contribution in [2.24, 2.45) is 0 Å². The topological polar surface area (TPSA) is 86.2 Å². The zero-order valence-electron chi connectivity index (χ0n) is 15.0. The third kappa shape index (κ3) is 4.35. The van der Waals surface area contributed by atoms with Crippen molar-refractivity contribution >= 4 is 28.5 Å². The third-order valence-corrected chi connectivity index (χ3v) is 4.26. The molecule has 0 unspecified atom stereocenters. The molecule has 1 aromatic heterocycles. The van der Waals surface area contributed by atoms with Gasteiger partial charge in [0.25, 0.3) is 5.91 Å². The fourth-order valence-corrected chi connectivity index (χ4v) is 2.92. The first kappa shape index (κ1) is 19.1. The highest BCUT2D eigenvalue weighted by Gasteiger charge is 2.20. The Balaban J connectivity index is 1.64. The number of nitrogens with zero attached hydrogens (tertiary/aromatic N) is 2. The molecule has 1 amide bonds. The molecular weight excluding hydrogens is 361 g/mol. The number of halogens is 1. The Hall–Kier alpha value is -3.66. The van der Waals surface area contributed by atoms with E-state index in [0.717, 1.165) is 21.4 Å². The number of H-pyrrole nitrogens is 1. The Morgan fingerprint density at radius 3 is 2.68 bits per heavy atom. The monoisotopic (exact) mass is 379 g/mol. The SMILES string of the molecule is N#CCCN(C(=O)COC(=O)Cc1c[nH]c2ccccc12)c1ccccc1F. The van der Waals surface area contributed by atoms with Gasteiger partial charge in [0, 0.05) is 23.6 Å². The van der Waals surface area contributed by atoms with Gasteiger partial charge in [0.15, 0.2) is 6.61 Å². The van der Waals surface area contributed by atoms with Crippen molar-refractivity contribution in [3.63, 3.8) is 0 Å². The maximum absolute atomic E-state index is 14.0. The van der Waals surface area contributed by atoms with Crippen molar-refractivity contribution in [3.05, 3.63) is 66.1 Å². The zero-order valence-corrected chi connectivity index (χ0v) is 15.0. The number of hydrogen-bond donors (Lipinski definition) is 1. The van der Waals surface area contributed by atoms with Crippen LogP contribution in [-0.4, -0.2) is 30.0 Å². The fraction of sp³-hybridized carbons (Fsp3) is 0.190. The number of hydrogen-bond acceptors (Lipinski definition) is 4. The van der Waals surface area contributed by atoms with E-state index in [-0.39, 0.29) is 25.1 Å². The zero-order chi connectivity index (χ0) is 19.9. The predicted octanol–water partition coefficient (Wildman–Crippen LogP) is 3.34. The highest BCUT2D eigenvalue weighted by molar-refractivity contribution is 5.95. The van der Waals surface area contributed by atoms with Crippen LogP contribution >= 0.6 is 0 Å². The van der Waals surface area contributed by atoms with E-state index >= 15 is 0 Å². The second-order valence-corrected chi connectivity index (χ2v) is 6.10. The van der Waals surface area contributed by atoms with Crippen LogP contribution in [0.3, 0.4) is 0 Å². The van der Waals surface area contributed by atoms with Gasteiger partial charge in [-0.3, -0.25) is 9.59 Å². The van der Waals surface area contributed by atoms with Crippen molar-refractivity contribution in [2.45, 2.75) is 12.8 Å². The average Bonchev–Trinajstić information content (AvgIpc) is 3.11. The molecule has 0 radical (unpaired) electrons. The van der Waals surface area contributed by atoms with Gasteiger partial charge in [-0.15, -0.1) is 0 Å². The van der Waals surface area contributed by atoms with Gasteiger partial charge in [-0.05, 0) is 23.8 Å². The standard InChI is InChI=1S/C21H18FN3O3/c22-17-7-2-4-9-19(17)25(11-5-10-23)20(26)14-28-21(27)12-15-13-24-18-8-3-1-6-16(15)18/h1-4,6-9,13,24H,5,11-12,14H2. The first-order valence-corrected chi connectivity index (χ1v) is 8.72. The van der Waals surface area contributed by atoms with Crippen molar-refractivity contribution < 1.29 is 18.7 Å². The van der Waals surface area contributed by atoms with E-state index in [1.165, 1.54) is 18.2 Å². The van der Waals surface area contributed by atoms with Crippen LogP contribution in [0.4, 0.5) is 10.1 Å². The lowest BCUT2D eigenvalue weighted by Gasteiger charge is -2.22. The number of benzene rings is 2. The normalized spacial score (nSPS) is 10.4. The first-order valence-electron chi connectivity index (χ1n) is 8.72. The summed E-state index contributed by atoms with van der Waals surface area (Å²) in [6, 6.07) is 15.2. The van der Waals surface area contributed by atoms with Crippen molar-refractivity contribution in [1.29, 1.82) is 5.26 Å². The molecule has 0 spiro atoms. The van der Waals surface area contributed by atoms with Crippen molar-refractivity contribution in [3.8, 4) is 6.07 Å². The van der Waals surface area contributed by atoms with Crippen LogP contribution in [0.1, 0.15) is 12.0 Å². The number of ether oxygens (including phenoxy) is 1. The second kappa shape index (κ2) is 8.82. The van der Waals surface area contributed by atoms with Gasteiger partial charge in [0.05, 0.1) is 24.6 Å². The predicted molar refractivity (Wildman–Crippen MR) is 102 cm³/mol. The van der Waals surface area contributed by atoms with Gasteiger partial charge < -0.3 is 14.6 Å². The third-order valence-electron chi connectivity index (χ3n) is 4.26. The van der Waals surface area contributed by atoms with Gasteiger partial charge in [-0.2, -0.15) is 5.26 Å². The molecule has 142 valence electrons. The molecule has 0 saturated heterocycles. The number of para-hydroxylation sites is 2. The van der Waals surface area contributed by atoms with Crippen LogP contribution in [-0.2, 0) is 20.7 Å². The lowest BCUT2D eigenvalue weighted by molar-refractivity contribution is -0.147. The summed E-state index contributed by atoms with van der Waals surface area (Å²) in [5.41, 5.74) is 1.72. The lowest BCUT2D eigenvalue weighted by atomic mass is 10.1. The van der Waals surface area contributed by atoms with Crippen LogP contribution < -0.4 is 4.90 Å². The van der Waals surface area contributed by atoms with Gasteiger partial charge >= 0.3 is 5.97 Å². The van der Waals surface area contributed by atoms with E-state index < -0.39 is 24.3 Å². The van der Waals surface area contributed by atoms with Crippen LogP contribution in [0.2, 0.25) is 0 Å². The van der Waals surface area contributed by atoms with E-state index in [1.807, 2.05) is 30.3 Å². The molecule has 3 rings (SSSR count). The molecule has 0 aliphatic rings. The Morgan fingerprint density at radius 1 is 1.14 bits per heavy atom. The molecular formula is C21H18FN3O3. The van der Waals surface area contributed by atoms with Gasteiger partial charge in [0.2, 0.25) is 0 Å². The molecule has 0 aliphatic heterocycles. The molecule has 3 aromatic rings. The molecule has 0 saturated carbocycles. The maximum Gasteiger partial charge on any atom is 0.310 e. The Bertz CT molecular complexity index is 1040. The largest absolute Gasteiger partial charge is 0.455 e. The maximum atomic E-state index is 14.0.